The lowest BCUT2D eigenvalue weighted by Crippen LogP contribution is -2.12. The van der Waals surface area contributed by atoms with Crippen molar-refractivity contribution in [3.8, 4) is 22.8 Å². The molecule has 1 aromatic heterocycles. The minimum Gasteiger partial charge on any atom is -0.490 e. The zero-order valence-corrected chi connectivity index (χ0v) is 16.9. The Bertz CT molecular complexity index is 1040. The molecule has 0 spiro atoms. The number of nitrogens with one attached hydrogen (secondary N) is 1. The van der Waals surface area contributed by atoms with E-state index in [-0.39, 0.29) is 5.91 Å². The third-order valence-corrected chi connectivity index (χ3v) is 4.91. The van der Waals surface area contributed by atoms with Crippen LogP contribution in [0.4, 0.5) is 5.69 Å². The molecule has 0 saturated heterocycles. The molecule has 150 valence electrons. The lowest BCUT2D eigenvalue weighted by molar-refractivity contribution is 0.102. The molecule has 4 rings (SSSR count). The summed E-state index contributed by atoms with van der Waals surface area (Å²) >= 11 is 0. The smallest absolute Gasteiger partial charge is 0.259 e. The van der Waals surface area contributed by atoms with Gasteiger partial charge in [-0.25, -0.2) is 0 Å². The number of amides is 1. The fraction of sp³-hybridized carbons (Fsp3) is 0.304. The van der Waals surface area contributed by atoms with Crippen molar-refractivity contribution in [3.05, 3.63) is 59.8 Å². The minimum absolute atomic E-state index is 0.193. The highest BCUT2D eigenvalue weighted by molar-refractivity contribution is 6.08. The molecule has 1 aliphatic heterocycles. The van der Waals surface area contributed by atoms with Crippen molar-refractivity contribution in [2.45, 2.75) is 26.2 Å². The van der Waals surface area contributed by atoms with E-state index >= 15 is 0 Å². The Morgan fingerprint density at radius 1 is 1.10 bits per heavy atom. The number of anilines is 1. The van der Waals surface area contributed by atoms with E-state index in [0.717, 1.165) is 23.4 Å². The molecule has 0 aliphatic carbocycles. The second-order valence-electron chi connectivity index (χ2n) is 7.51. The predicted octanol–water partition coefficient (Wildman–Crippen LogP) is 4.62. The number of benzene rings is 2. The minimum atomic E-state index is -0.193. The molecule has 0 bridgehead atoms. The maximum atomic E-state index is 13.0. The molecule has 1 N–H and O–H groups in total. The topological polar surface area (TPSA) is 65.4 Å². The number of aryl methyl sites for hydroxylation is 1. The fourth-order valence-corrected chi connectivity index (χ4v) is 3.35. The number of aromatic nitrogens is 2. The van der Waals surface area contributed by atoms with Gasteiger partial charge in [-0.05, 0) is 41.8 Å². The van der Waals surface area contributed by atoms with Crippen LogP contribution in [0, 0.1) is 0 Å². The molecule has 0 saturated carbocycles. The summed E-state index contributed by atoms with van der Waals surface area (Å²) in [5.41, 5.74) is 3.89. The molecule has 29 heavy (non-hydrogen) atoms. The van der Waals surface area contributed by atoms with Crippen LogP contribution in [0.2, 0.25) is 0 Å². The summed E-state index contributed by atoms with van der Waals surface area (Å²) in [6.07, 6.45) is 2.58. The second kappa shape index (κ2) is 7.99. The normalized spacial score (nSPS) is 13.2. The molecule has 1 amide bonds. The zero-order chi connectivity index (χ0) is 20.4. The Labute approximate surface area is 170 Å². The van der Waals surface area contributed by atoms with Gasteiger partial charge in [0.25, 0.3) is 5.91 Å². The maximum Gasteiger partial charge on any atom is 0.259 e. The van der Waals surface area contributed by atoms with Crippen LogP contribution >= 0.6 is 0 Å². The highest BCUT2D eigenvalue weighted by Gasteiger charge is 2.20. The molecular weight excluding hydrogens is 366 g/mol. The predicted molar refractivity (Wildman–Crippen MR) is 113 cm³/mol. The summed E-state index contributed by atoms with van der Waals surface area (Å²) in [4.78, 5) is 13.0. The number of hydrogen-bond acceptors (Lipinski definition) is 4. The average molecular weight is 391 g/mol. The van der Waals surface area contributed by atoms with Crippen LogP contribution in [-0.2, 0) is 7.05 Å². The summed E-state index contributed by atoms with van der Waals surface area (Å²) in [5, 5.41) is 7.52. The molecule has 2 aromatic carbocycles. The average Bonchev–Trinajstić information content (AvgIpc) is 2.95. The molecule has 0 atom stereocenters. The van der Waals surface area contributed by atoms with E-state index < -0.39 is 0 Å². The van der Waals surface area contributed by atoms with Crippen molar-refractivity contribution in [2.24, 2.45) is 7.05 Å². The summed E-state index contributed by atoms with van der Waals surface area (Å²) in [7, 11) is 1.81. The summed E-state index contributed by atoms with van der Waals surface area (Å²) in [6, 6.07) is 13.6. The molecule has 0 fully saturated rings. The number of carbonyl (C=O) groups excluding carboxylic acids is 1. The quantitative estimate of drug-likeness (QED) is 0.705. The maximum absolute atomic E-state index is 13.0. The molecule has 0 radical (unpaired) electrons. The van der Waals surface area contributed by atoms with Gasteiger partial charge in [-0.3, -0.25) is 9.48 Å². The first-order valence-corrected chi connectivity index (χ1v) is 9.86. The van der Waals surface area contributed by atoms with Crippen LogP contribution in [0.25, 0.3) is 11.3 Å². The first kappa shape index (κ1) is 19.1. The Kier molecular flexibility index (Phi) is 5.25. The van der Waals surface area contributed by atoms with E-state index in [1.54, 1.807) is 10.9 Å². The second-order valence-corrected chi connectivity index (χ2v) is 7.51. The standard InChI is InChI=1S/C23H25N3O3/c1-15(2)16-6-4-7-18(12-16)24-23(27)19-14-26(3)25-22(19)17-8-9-20-21(13-17)29-11-5-10-28-20/h4,6-9,12-15H,5,10-11H2,1-3H3,(H,24,27). The van der Waals surface area contributed by atoms with Crippen LogP contribution in [0.5, 0.6) is 11.5 Å². The summed E-state index contributed by atoms with van der Waals surface area (Å²) in [6.45, 7) is 5.51. The van der Waals surface area contributed by atoms with Gasteiger partial charge in [-0.1, -0.05) is 26.0 Å². The molecular formula is C23H25N3O3. The Morgan fingerprint density at radius 3 is 2.69 bits per heavy atom. The van der Waals surface area contributed by atoms with Gasteiger partial charge in [0.1, 0.15) is 5.69 Å². The van der Waals surface area contributed by atoms with Gasteiger partial charge >= 0.3 is 0 Å². The number of rotatable bonds is 4. The van der Waals surface area contributed by atoms with Crippen molar-refractivity contribution in [1.29, 1.82) is 0 Å². The van der Waals surface area contributed by atoms with Gasteiger partial charge < -0.3 is 14.8 Å². The molecule has 2 heterocycles. The lowest BCUT2D eigenvalue weighted by atomic mass is 10.0. The Morgan fingerprint density at radius 2 is 1.90 bits per heavy atom. The van der Waals surface area contributed by atoms with Gasteiger partial charge in [-0.15, -0.1) is 0 Å². The number of hydrogen-bond donors (Lipinski definition) is 1. The zero-order valence-electron chi connectivity index (χ0n) is 16.9. The van der Waals surface area contributed by atoms with E-state index in [1.165, 1.54) is 5.56 Å². The van der Waals surface area contributed by atoms with Gasteiger partial charge in [-0.2, -0.15) is 5.10 Å². The van der Waals surface area contributed by atoms with Crippen LogP contribution in [-0.4, -0.2) is 28.9 Å². The molecule has 3 aromatic rings. The van der Waals surface area contributed by atoms with E-state index in [4.69, 9.17) is 9.47 Å². The summed E-state index contributed by atoms with van der Waals surface area (Å²) < 4.78 is 13.1. The van der Waals surface area contributed by atoms with Crippen LogP contribution in [0.1, 0.15) is 42.1 Å². The highest BCUT2D eigenvalue weighted by atomic mass is 16.5. The third kappa shape index (κ3) is 4.11. The number of nitrogens with zero attached hydrogens (tertiary/aromatic N) is 2. The Hall–Kier alpha value is -3.28. The highest BCUT2D eigenvalue weighted by Crippen LogP contribution is 2.35. The Balaban J connectivity index is 1.64. The van der Waals surface area contributed by atoms with E-state index in [2.05, 4.69) is 30.3 Å². The van der Waals surface area contributed by atoms with Crippen LogP contribution < -0.4 is 14.8 Å². The number of carbonyl (C=O) groups is 1. The van der Waals surface area contributed by atoms with Crippen LogP contribution in [0.3, 0.4) is 0 Å². The van der Waals surface area contributed by atoms with Gasteiger partial charge in [0, 0.05) is 30.9 Å². The third-order valence-electron chi connectivity index (χ3n) is 4.91. The summed E-state index contributed by atoms with van der Waals surface area (Å²) in [5.74, 6) is 1.60. The number of ether oxygens (including phenoxy) is 2. The van der Waals surface area contributed by atoms with E-state index in [0.29, 0.717) is 36.1 Å². The first-order valence-electron chi connectivity index (χ1n) is 9.86. The van der Waals surface area contributed by atoms with Crippen molar-refractivity contribution in [1.82, 2.24) is 9.78 Å². The van der Waals surface area contributed by atoms with Gasteiger partial charge in [0.05, 0.1) is 18.8 Å². The van der Waals surface area contributed by atoms with E-state index in [9.17, 15) is 4.79 Å². The van der Waals surface area contributed by atoms with E-state index in [1.807, 2.05) is 43.4 Å². The van der Waals surface area contributed by atoms with Crippen molar-refractivity contribution in [2.75, 3.05) is 18.5 Å². The largest absolute Gasteiger partial charge is 0.490 e. The molecule has 0 unspecified atom stereocenters. The van der Waals surface area contributed by atoms with Crippen molar-refractivity contribution in [3.63, 3.8) is 0 Å². The first-order chi connectivity index (χ1) is 14.0. The fourth-order valence-electron chi connectivity index (χ4n) is 3.35. The monoisotopic (exact) mass is 391 g/mol. The molecule has 6 nitrogen and oxygen atoms in total. The van der Waals surface area contributed by atoms with Crippen molar-refractivity contribution >= 4 is 11.6 Å². The molecule has 1 aliphatic rings. The van der Waals surface area contributed by atoms with Crippen molar-refractivity contribution < 1.29 is 14.3 Å². The van der Waals surface area contributed by atoms with Gasteiger partial charge in [0.15, 0.2) is 11.5 Å². The molecule has 6 heteroatoms. The van der Waals surface area contributed by atoms with Gasteiger partial charge in [0.2, 0.25) is 0 Å². The lowest BCUT2D eigenvalue weighted by Gasteiger charge is -2.11. The SMILES string of the molecule is CC(C)c1cccc(NC(=O)c2cn(C)nc2-c2ccc3c(c2)OCCCO3)c1. The van der Waals surface area contributed by atoms with Crippen LogP contribution in [0.15, 0.2) is 48.7 Å². The number of fused-ring (bicyclic) bond motifs is 1.